The second-order valence-corrected chi connectivity index (χ2v) is 5.70. The summed E-state index contributed by atoms with van der Waals surface area (Å²) in [4.78, 5) is 19.4. The molecule has 1 fully saturated rings. The fraction of sp³-hybridized carbons (Fsp3) is 0.263. The van der Waals surface area contributed by atoms with E-state index in [1.54, 1.807) is 0 Å². The Morgan fingerprint density at radius 1 is 1.00 bits per heavy atom. The van der Waals surface area contributed by atoms with Gasteiger partial charge in [0.1, 0.15) is 6.61 Å². The third-order valence-electron chi connectivity index (χ3n) is 3.92. The van der Waals surface area contributed by atoms with Gasteiger partial charge in [-0.05, 0) is 17.7 Å². The van der Waals surface area contributed by atoms with Crippen molar-refractivity contribution in [1.82, 2.24) is 4.90 Å². The summed E-state index contributed by atoms with van der Waals surface area (Å²) in [5, 5.41) is 7.12. The number of hydrogen-bond donors (Lipinski definition) is 1. The molecular weight excluding hydrogens is 302 g/mol. The molecule has 24 heavy (non-hydrogen) atoms. The molecule has 2 aromatic rings. The number of rotatable bonds is 4. The van der Waals surface area contributed by atoms with Gasteiger partial charge in [-0.25, -0.2) is 4.79 Å². The molecule has 1 aliphatic rings. The van der Waals surface area contributed by atoms with E-state index < -0.39 is 0 Å². The van der Waals surface area contributed by atoms with Crippen molar-refractivity contribution < 1.29 is 9.63 Å². The predicted molar refractivity (Wildman–Crippen MR) is 94.9 cm³/mol. The summed E-state index contributed by atoms with van der Waals surface area (Å²) in [6.45, 7) is 1.79. The summed E-state index contributed by atoms with van der Waals surface area (Å²) in [6, 6.07) is 19.4. The first-order valence-corrected chi connectivity index (χ1v) is 8.14. The van der Waals surface area contributed by atoms with Gasteiger partial charge in [-0.15, -0.1) is 0 Å². The first kappa shape index (κ1) is 16.1. The van der Waals surface area contributed by atoms with Gasteiger partial charge in [0, 0.05) is 31.6 Å². The first-order chi connectivity index (χ1) is 11.8. The zero-order valence-electron chi connectivity index (χ0n) is 13.5. The quantitative estimate of drug-likeness (QED) is 0.868. The zero-order valence-corrected chi connectivity index (χ0v) is 13.5. The van der Waals surface area contributed by atoms with Gasteiger partial charge >= 0.3 is 6.03 Å². The molecule has 0 spiro atoms. The Morgan fingerprint density at radius 3 is 2.29 bits per heavy atom. The van der Waals surface area contributed by atoms with Crippen LogP contribution in [-0.4, -0.2) is 29.7 Å². The van der Waals surface area contributed by atoms with Crippen LogP contribution in [0.4, 0.5) is 10.5 Å². The lowest BCUT2D eigenvalue weighted by atomic mass is 10.1. The predicted octanol–water partition coefficient (Wildman–Crippen LogP) is 3.89. The van der Waals surface area contributed by atoms with E-state index in [0.29, 0.717) is 19.7 Å². The summed E-state index contributed by atoms with van der Waals surface area (Å²) >= 11 is 0. The standard InChI is InChI=1S/C19H21N3O2/c23-19(20-17-9-5-2-6-10-17)22-13-11-18(12-14-22)21-24-15-16-7-3-1-4-8-16/h1-10H,11-15H2,(H,20,23). The number of nitrogens with zero attached hydrogens (tertiary/aromatic N) is 2. The third kappa shape index (κ3) is 4.59. The highest BCUT2D eigenvalue weighted by Crippen LogP contribution is 2.12. The van der Waals surface area contributed by atoms with Crippen LogP contribution in [0.2, 0.25) is 0 Å². The van der Waals surface area contributed by atoms with Gasteiger partial charge in [-0.1, -0.05) is 53.7 Å². The van der Waals surface area contributed by atoms with Crippen LogP contribution in [0.3, 0.4) is 0 Å². The Hall–Kier alpha value is -2.82. The molecule has 124 valence electrons. The summed E-state index contributed by atoms with van der Waals surface area (Å²) < 4.78 is 0. The van der Waals surface area contributed by atoms with Gasteiger partial charge in [0.05, 0.1) is 5.71 Å². The fourth-order valence-corrected chi connectivity index (χ4v) is 2.56. The molecular formula is C19H21N3O2. The number of nitrogens with one attached hydrogen (secondary N) is 1. The second kappa shape index (κ2) is 8.15. The largest absolute Gasteiger partial charge is 0.391 e. The van der Waals surface area contributed by atoms with E-state index >= 15 is 0 Å². The van der Waals surface area contributed by atoms with Crippen LogP contribution < -0.4 is 5.32 Å². The molecule has 0 bridgehead atoms. The highest BCUT2D eigenvalue weighted by Gasteiger charge is 2.20. The van der Waals surface area contributed by atoms with E-state index in [1.807, 2.05) is 65.6 Å². The maximum atomic E-state index is 12.2. The van der Waals surface area contributed by atoms with Crippen molar-refractivity contribution in [3.05, 3.63) is 66.2 Å². The number of oxime groups is 1. The second-order valence-electron chi connectivity index (χ2n) is 5.70. The lowest BCUT2D eigenvalue weighted by Crippen LogP contribution is -2.41. The van der Waals surface area contributed by atoms with Gasteiger partial charge in [0.25, 0.3) is 0 Å². The molecule has 0 radical (unpaired) electrons. The SMILES string of the molecule is O=C(Nc1ccccc1)N1CCC(=NOCc2ccccc2)CC1. The Kier molecular flexibility index (Phi) is 5.45. The van der Waals surface area contributed by atoms with Gasteiger partial charge in [0.2, 0.25) is 0 Å². The molecule has 5 heteroatoms. The summed E-state index contributed by atoms with van der Waals surface area (Å²) in [5.41, 5.74) is 2.92. The van der Waals surface area contributed by atoms with Gasteiger partial charge in [-0.2, -0.15) is 0 Å². The molecule has 0 aromatic heterocycles. The van der Waals surface area contributed by atoms with Crippen molar-refractivity contribution in [2.24, 2.45) is 5.16 Å². The number of hydrogen-bond acceptors (Lipinski definition) is 3. The lowest BCUT2D eigenvalue weighted by molar-refractivity contribution is 0.127. The number of amides is 2. The molecule has 2 aromatic carbocycles. The zero-order chi connectivity index (χ0) is 16.6. The number of urea groups is 1. The van der Waals surface area contributed by atoms with Crippen LogP contribution >= 0.6 is 0 Å². The number of para-hydroxylation sites is 1. The van der Waals surface area contributed by atoms with Crippen LogP contribution in [0.15, 0.2) is 65.8 Å². The number of carbonyl (C=O) groups is 1. The Bertz CT molecular complexity index is 676. The topological polar surface area (TPSA) is 53.9 Å². The molecule has 2 amide bonds. The molecule has 1 aliphatic heterocycles. The fourth-order valence-electron chi connectivity index (χ4n) is 2.56. The van der Waals surface area contributed by atoms with Crippen molar-refractivity contribution >= 4 is 17.4 Å². The summed E-state index contributed by atoms with van der Waals surface area (Å²) in [5.74, 6) is 0. The number of likely N-dealkylation sites (tertiary alicyclic amines) is 1. The average Bonchev–Trinajstić information content (AvgIpc) is 2.64. The van der Waals surface area contributed by atoms with Crippen LogP contribution in [0.5, 0.6) is 0 Å². The Labute approximate surface area is 141 Å². The van der Waals surface area contributed by atoms with Crippen LogP contribution in [-0.2, 0) is 11.4 Å². The van der Waals surface area contributed by atoms with E-state index in [4.69, 9.17) is 4.84 Å². The number of carbonyl (C=O) groups excluding carboxylic acids is 1. The third-order valence-corrected chi connectivity index (χ3v) is 3.92. The first-order valence-electron chi connectivity index (χ1n) is 8.14. The highest BCUT2D eigenvalue weighted by molar-refractivity contribution is 5.92. The highest BCUT2D eigenvalue weighted by atomic mass is 16.6. The van der Waals surface area contributed by atoms with Crippen molar-refractivity contribution in [3.8, 4) is 0 Å². The molecule has 1 N–H and O–H groups in total. The van der Waals surface area contributed by atoms with Crippen molar-refractivity contribution in [2.75, 3.05) is 18.4 Å². The van der Waals surface area contributed by atoms with E-state index in [9.17, 15) is 4.79 Å². The molecule has 1 heterocycles. The minimum absolute atomic E-state index is 0.0644. The molecule has 0 unspecified atom stereocenters. The number of anilines is 1. The summed E-state index contributed by atoms with van der Waals surface area (Å²) in [7, 11) is 0. The molecule has 3 rings (SSSR count). The van der Waals surface area contributed by atoms with Gasteiger partial charge < -0.3 is 15.1 Å². The molecule has 5 nitrogen and oxygen atoms in total. The maximum Gasteiger partial charge on any atom is 0.321 e. The molecule has 0 saturated carbocycles. The Balaban J connectivity index is 1.43. The van der Waals surface area contributed by atoms with E-state index in [1.165, 1.54) is 0 Å². The van der Waals surface area contributed by atoms with Crippen LogP contribution in [0, 0.1) is 0 Å². The Morgan fingerprint density at radius 2 is 1.62 bits per heavy atom. The van der Waals surface area contributed by atoms with E-state index in [0.717, 1.165) is 29.8 Å². The minimum Gasteiger partial charge on any atom is -0.391 e. The van der Waals surface area contributed by atoms with Crippen LogP contribution in [0.25, 0.3) is 0 Å². The minimum atomic E-state index is -0.0644. The van der Waals surface area contributed by atoms with Gasteiger partial charge in [0.15, 0.2) is 0 Å². The van der Waals surface area contributed by atoms with Crippen molar-refractivity contribution in [2.45, 2.75) is 19.4 Å². The normalized spacial score (nSPS) is 14.2. The molecule has 0 aliphatic carbocycles. The smallest absolute Gasteiger partial charge is 0.321 e. The lowest BCUT2D eigenvalue weighted by Gasteiger charge is -2.27. The average molecular weight is 323 g/mol. The molecule has 1 saturated heterocycles. The monoisotopic (exact) mass is 323 g/mol. The van der Waals surface area contributed by atoms with Gasteiger partial charge in [-0.3, -0.25) is 0 Å². The van der Waals surface area contributed by atoms with E-state index in [2.05, 4.69) is 10.5 Å². The maximum absolute atomic E-state index is 12.2. The summed E-state index contributed by atoms with van der Waals surface area (Å²) in [6.07, 6.45) is 1.49. The van der Waals surface area contributed by atoms with Crippen LogP contribution in [0.1, 0.15) is 18.4 Å². The van der Waals surface area contributed by atoms with E-state index in [-0.39, 0.29) is 6.03 Å². The number of piperidine rings is 1. The van der Waals surface area contributed by atoms with Crippen molar-refractivity contribution in [1.29, 1.82) is 0 Å². The van der Waals surface area contributed by atoms with Crippen molar-refractivity contribution in [3.63, 3.8) is 0 Å². The number of benzene rings is 2. The molecule has 0 atom stereocenters.